The van der Waals surface area contributed by atoms with Crippen LogP contribution in [0.5, 0.6) is 0 Å². The number of nitrogens with zero attached hydrogens (tertiary/aromatic N) is 1. The van der Waals surface area contributed by atoms with Crippen LogP contribution in [0.1, 0.15) is 29.3 Å². The zero-order chi connectivity index (χ0) is 14.2. The first kappa shape index (κ1) is 13.4. The highest BCUT2D eigenvalue weighted by Crippen LogP contribution is 2.26. The summed E-state index contributed by atoms with van der Waals surface area (Å²) >= 11 is 0. The Morgan fingerprint density at radius 3 is 2.68 bits per heavy atom. The summed E-state index contributed by atoms with van der Waals surface area (Å²) in [5.74, 6) is -1.23. The highest BCUT2D eigenvalue weighted by Gasteiger charge is 2.39. The average molecular weight is 262 g/mol. The Hall–Kier alpha value is -2.04. The second-order valence-electron chi connectivity index (χ2n) is 5.12. The van der Waals surface area contributed by atoms with E-state index in [1.807, 2.05) is 13.8 Å². The Morgan fingerprint density at radius 2 is 2.11 bits per heavy atom. The van der Waals surface area contributed by atoms with Crippen molar-refractivity contribution in [1.82, 2.24) is 4.90 Å². The number of carboxylic acid groups (broad SMARTS) is 1. The molecular weight excluding hydrogens is 244 g/mol. The van der Waals surface area contributed by atoms with Gasteiger partial charge in [-0.2, -0.15) is 0 Å². The van der Waals surface area contributed by atoms with Gasteiger partial charge in [0, 0.05) is 17.8 Å². The van der Waals surface area contributed by atoms with Gasteiger partial charge in [0.2, 0.25) is 0 Å². The van der Waals surface area contributed by atoms with Crippen molar-refractivity contribution in [3.8, 4) is 0 Å². The molecule has 0 spiro atoms. The number of hydrogen-bond donors (Lipinski definition) is 2. The molecule has 3 N–H and O–H groups in total. The number of anilines is 1. The standard InChI is InChI=1S/C14H18N2O3/c1-8-3-4-10(7-11(8)15)13(17)16-6-5-9(2)12(16)14(18)19/h3-4,7,9,12H,5-6,15H2,1-2H3,(H,18,19). The van der Waals surface area contributed by atoms with E-state index in [9.17, 15) is 14.7 Å². The van der Waals surface area contributed by atoms with Crippen LogP contribution in [0.25, 0.3) is 0 Å². The van der Waals surface area contributed by atoms with Crippen molar-refractivity contribution in [2.45, 2.75) is 26.3 Å². The Labute approximate surface area is 112 Å². The summed E-state index contributed by atoms with van der Waals surface area (Å²) in [6, 6.07) is 4.34. The lowest BCUT2D eigenvalue weighted by molar-refractivity contribution is -0.142. The number of aryl methyl sites for hydroxylation is 1. The molecule has 0 aliphatic carbocycles. The molecule has 2 atom stereocenters. The van der Waals surface area contributed by atoms with Gasteiger partial charge in [-0.1, -0.05) is 13.0 Å². The first-order chi connectivity index (χ1) is 8.91. The minimum atomic E-state index is -0.946. The van der Waals surface area contributed by atoms with Gasteiger partial charge in [-0.15, -0.1) is 0 Å². The summed E-state index contributed by atoms with van der Waals surface area (Å²) in [4.78, 5) is 25.1. The number of likely N-dealkylation sites (tertiary alicyclic amines) is 1. The van der Waals surface area contributed by atoms with Gasteiger partial charge in [0.05, 0.1) is 0 Å². The van der Waals surface area contributed by atoms with Crippen LogP contribution in [0.4, 0.5) is 5.69 Å². The largest absolute Gasteiger partial charge is 0.480 e. The summed E-state index contributed by atoms with van der Waals surface area (Å²) in [5, 5.41) is 9.23. The molecule has 1 aliphatic heterocycles. The van der Waals surface area contributed by atoms with E-state index in [0.717, 1.165) is 5.56 Å². The second kappa shape index (κ2) is 4.91. The molecular formula is C14H18N2O3. The van der Waals surface area contributed by atoms with Gasteiger partial charge in [0.25, 0.3) is 5.91 Å². The third kappa shape index (κ3) is 2.41. The average Bonchev–Trinajstić information content (AvgIpc) is 2.74. The molecule has 1 saturated heterocycles. The third-order valence-corrected chi connectivity index (χ3v) is 3.74. The number of benzene rings is 1. The van der Waals surface area contributed by atoms with Crippen molar-refractivity contribution in [3.05, 3.63) is 29.3 Å². The molecule has 1 fully saturated rings. The molecule has 1 aromatic rings. The first-order valence-electron chi connectivity index (χ1n) is 6.31. The van der Waals surface area contributed by atoms with E-state index >= 15 is 0 Å². The minimum absolute atomic E-state index is 0.0238. The van der Waals surface area contributed by atoms with Crippen LogP contribution in [-0.4, -0.2) is 34.5 Å². The molecule has 0 bridgehead atoms. The minimum Gasteiger partial charge on any atom is -0.480 e. The van der Waals surface area contributed by atoms with Crippen LogP contribution < -0.4 is 5.73 Å². The van der Waals surface area contributed by atoms with Gasteiger partial charge in [0.1, 0.15) is 6.04 Å². The molecule has 0 aromatic heterocycles. The summed E-state index contributed by atoms with van der Waals surface area (Å²) in [7, 11) is 0. The van der Waals surface area contributed by atoms with Crippen molar-refractivity contribution in [3.63, 3.8) is 0 Å². The maximum absolute atomic E-state index is 12.4. The van der Waals surface area contributed by atoms with E-state index in [1.54, 1.807) is 18.2 Å². The lowest BCUT2D eigenvalue weighted by atomic mass is 10.0. The lowest BCUT2D eigenvalue weighted by Gasteiger charge is -2.23. The Kier molecular flexibility index (Phi) is 3.46. The quantitative estimate of drug-likeness (QED) is 0.791. The summed E-state index contributed by atoms with van der Waals surface area (Å²) in [6.45, 7) is 4.20. The van der Waals surface area contributed by atoms with Crippen LogP contribution >= 0.6 is 0 Å². The predicted molar refractivity (Wildman–Crippen MR) is 71.8 cm³/mol. The number of aliphatic carboxylic acids is 1. The number of carboxylic acids is 1. The molecule has 1 heterocycles. The molecule has 5 heteroatoms. The van der Waals surface area contributed by atoms with Gasteiger partial charge >= 0.3 is 5.97 Å². The van der Waals surface area contributed by atoms with Gasteiger partial charge in [-0.3, -0.25) is 4.79 Å². The summed E-state index contributed by atoms with van der Waals surface area (Å²) in [6.07, 6.45) is 0.712. The number of carbonyl (C=O) groups is 2. The fourth-order valence-electron chi connectivity index (χ4n) is 2.49. The number of nitrogen functional groups attached to an aromatic ring is 1. The van der Waals surface area contributed by atoms with Crippen LogP contribution in [0.15, 0.2) is 18.2 Å². The van der Waals surface area contributed by atoms with E-state index in [0.29, 0.717) is 24.2 Å². The maximum Gasteiger partial charge on any atom is 0.326 e. The number of hydrogen-bond acceptors (Lipinski definition) is 3. The summed E-state index contributed by atoms with van der Waals surface area (Å²) < 4.78 is 0. The van der Waals surface area contributed by atoms with Gasteiger partial charge in [0.15, 0.2) is 0 Å². The lowest BCUT2D eigenvalue weighted by Crippen LogP contribution is -2.42. The van der Waals surface area contributed by atoms with Crippen LogP contribution in [0.3, 0.4) is 0 Å². The fraction of sp³-hybridized carbons (Fsp3) is 0.429. The molecule has 1 amide bonds. The molecule has 2 unspecified atom stereocenters. The van der Waals surface area contributed by atoms with Gasteiger partial charge in [-0.25, -0.2) is 4.79 Å². The van der Waals surface area contributed by atoms with Crippen molar-refractivity contribution in [2.75, 3.05) is 12.3 Å². The first-order valence-corrected chi connectivity index (χ1v) is 6.31. The molecule has 102 valence electrons. The number of rotatable bonds is 2. The van der Waals surface area contributed by atoms with E-state index < -0.39 is 12.0 Å². The number of amides is 1. The van der Waals surface area contributed by atoms with Crippen LogP contribution in [0, 0.1) is 12.8 Å². The van der Waals surface area contributed by atoms with E-state index in [-0.39, 0.29) is 11.8 Å². The van der Waals surface area contributed by atoms with E-state index in [2.05, 4.69) is 0 Å². The van der Waals surface area contributed by atoms with Crippen molar-refractivity contribution in [1.29, 1.82) is 0 Å². The molecule has 1 aromatic carbocycles. The monoisotopic (exact) mass is 262 g/mol. The molecule has 0 radical (unpaired) electrons. The van der Waals surface area contributed by atoms with Crippen LogP contribution in [0.2, 0.25) is 0 Å². The topological polar surface area (TPSA) is 83.6 Å². The number of nitrogens with two attached hydrogens (primary N) is 1. The van der Waals surface area contributed by atoms with Gasteiger partial charge in [-0.05, 0) is 37.0 Å². The third-order valence-electron chi connectivity index (χ3n) is 3.74. The Balaban J connectivity index is 2.28. The zero-order valence-electron chi connectivity index (χ0n) is 11.1. The van der Waals surface area contributed by atoms with Gasteiger partial charge < -0.3 is 15.7 Å². The smallest absolute Gasteiger partial charge is 0.326 e. The fourth-order valence-corrected chi connectivity index (χ4v) is 2.49. The highest BCUT2D eigenvalue weighted by atomic mass is 16.4. The molecule has 1 aliphatic rings. The van der Waals surface area contributed by atoms with E-state index in [4.69, 9.17) is 5.73 Å². The Morgan fingerprint density at radius 1 is 1.42 bits per heavy atom. The molecule has 2 rings (SSSR count). The zero-order valence-corrected chi connectivity index (χ0v) is 11.1. The van der Waals surface area contributed by atoms with E-state index in [1.165, 1.54) is 4.90 Å². The SMILES string of the molecule is Cc1ccc(C(=O)N2CCC(C)C2C(=O)O)cc1N. The molecule has 19 heavy (non-hydrogen) atoms. The molecule has 0 saturated carbocycles. The van der Waals surface area contributed by atoms with Crippen LogP contribution in [-0.2, 0) is 4.79 Å². The summed E-state index contributed by atoms with van der Waals surface area (Å²) in [5.41, 5.74) is 7.69. The Bertz CT molecular complexity index is 527. The second-order valence-corrected chi connectivity index (χ2v) is 5.12. The van der Waals surface area contributed by atoms with Crippen molar-refractivity contribution >= 4 is 17.6 Å². The van der Waals surface area contributed by atoms with Crippen molar-refractivity contribution < 1.29 is 14.7 Å². The maximum atomic E-state index is 12.4. The van der Waals surface area contributed by atoms with Crippen molar-refractivity contribution in [2.24, 2.45) is 5.92 Å². The number of carbonyl (C=O) groups excluding carboxylic acids is 1. The molecule has 5 nitrogen and oxygen atoms in total. The predicted octanol–water partition coefficient (Wildman–Crippen LogP) is 1.51. The highest BCUT2D eigenvalue weighted by molar-refractivity contribution is 5.97. The normalized spacial score (nSPS) is 22.5.